The molecule has 0 saturated carbocycles. The first kappa shape index (κ1) is 31.9. The Bertz CT molecular complexity index is 1800. The SMILES string of the molecule is CC#CC(=O)N1CCCC1c1cnc(N2C[C@H](CS(C)(=O)=O)[C@H]2C)c2cnc(Nc3ccnc(N4CC[C@@H](OC)[C@@H](F)C4)n3)cc12. The molecule has 3 aliphatic rings. The van der Waals surface area contributed by atoms with Gasteiger partial charge in [-0.15, -0.1) is 0 Å². The number of methoxy groups -OCH3 is 1. The molecule has 0 aliphatic carbocycles. The number of alkyl halides is 1. The fourth-order valence-corrected chi connectivity index (χ4v) is 7.96. The maximum Gasteiger partial charge on any atom is 0.298 e. The van der Waals surface area contributed by atoms with Gasteiger partial charge in [0.1, 0.15) is 33.5 Å². The number of sulfone groups is 1. The van der Waals surface area contributed by atoms with Gasteiger partial charge in [0.15, 0.2) is 0 Å². The van der Waals surface area contributed by atoms with Crippen molar-refractivity contribution in [2.75, 3.05) is 60.4 Å². The van der Waals surface area contributed by atoms with Crippen molar-refractivity contribution in [3.05, 3.63) is 36.3 Å². The fraction of sp³-hybridized carbons (Fsp3) is 0.531. The van der Waals surface area contributed by atoms with E-state index in [1.165, 1.54) is 13.4 Å². The van der Waals surface area contributed by atoms with E-state index in [0.29, 0.717) is 43.6 Å². The number of halogens is 1. The van der Waals surface area contributed by atoms with Gasteiger partial charge in [0.25, 0.3) is 5.91 Å². The van der Waals surface area contributed by atoms with E-state index < -0.39 is 22.1 Å². The molecule has 0 spiro atoms. The van der Waals surface area contributed by atoms with Gasteiger partial charge >= 0.3 is 0 Å². The van der Waals surface area contributed by atoms with Crippen LogP contribution in [0.25, 0.3) is 10.8 Å². The first-order valence-electron chi connectivity index (χ1n) is 15.5. The molecule has 6 heterocycles. The molecule has 0 radical (unpaired) electrons. The van der Waals surface area contributed by atoms with Crippen LogP contribution in [0.5, 0.6) is 0 Å². The predicted molar refractivity (Wildman–Crippen MR) is 175 cm³/mol. The van der Waals surface area contributed by atoms with Gasteiger partial charge in [-0.3, -0.25) is 4.79 Å². The van der Waals surface area contributed by atoms with Gasteiger partial charge in [-0.1, -0.05) is 5.92 Å². The molecule has 3 aromatic rings. The zero-order chi connectivity index (χ0) is 32.6. The molecule has 6 rings (SSSR count). The standard InChI is InChI=1S/C32H39FN8O4S/c1-5-7-30(42)40-12-6-8-26(40)23-15-36-31(41-17-21(20(41)2)19-46(4,43)44)24-16-35-29(14-22(23)24)37-28-9-11-34-32(38-28)39-13-10-27(45-3)25(33)18-39/h9,11,14-16,20-21,25-27H,6,8,10,12-13,17-19H2,1-4H3,(H,34,35,37,38)/t20-,21-,25+,26?,27-/m1/s1. The number of amides is 1. The summed E-state index contributed by atoms with van der Waals surface area (Å²) in [6, 6.07) is 3.45. The molecule has 5 atom stereocenters. The first-order valence-corrected chi connectivity index (χ1v) is 17.6. The largest absolute Gasteiger partial charge is 0.378 e. The minimum atomic E-state index is -3.11. The fourth-order valence-electron chi connectivity index (χ4n) is 6.80. The highest BCUT2D eigenvalue weighted by atomic mass is 32.2. The molecule has 3 aliphatic heterocycles. The Balaban J connectivity index is 1.33. The summed E-state index contributed by atoms with van der Waals surface area (Å²) in [4.78, 5) is 37.2. The second-order valence-corrected chi connectivity index (χ2v) is 14.5. The lowest BCUT2D eigenvalue weighted by atomic mass is 9.90. The van der Waals surface area contributed by atoms with Crippen LogP contribution in [0, 0.1) is 17.8 Å². The number of piperidine rings is 1. The Morgan fingerprint density at radius 2 is 1.96 bits per heavy atom. The topological polar surface area (TPSA) is 134 Å². The van der Waals surface area contributed by atoms with Crippen LogP contribution in [-0.2, 0) is 19.4 Å². The molecule has 12 nitrogen and oxygen atoms in total. The van der Waals surface area contributed by atoms with Crippen LogP contribution < -0.4 is 15.1 Å². The average molecular weight is 651 g/mol. The molecule has 46 heavy (non-hydrogen) atoms. The Morgan fingerprint density at radius 1 is 1.13 bits per heavy atom. The third-order valence-electron chi connectivity index (χ3n) is 9.25. The van der Waals surface area contributed by atoms with E-state index in [4.69, 9.17) is 14.7 Å². The molecule has 0 bridgehead atoms. The van der Waals surface area contributed by atoms with Crippen LogP contribution in [0.15, 0.2) is 30.7 Å². The molecule has 14 heteroatoms. The van der Waals surface area contributed by atoms with Gasteiger partial charge in [-0.25, -0.2) is 27.8 Å². The van der Waals surface area contributed by atoms with Crippen LogP contribution in [0.1, 0.15) is 44.7 Å². The lowest BCUT2D eigenvalue weighted by Crippen LogP contribution is -2.57. The van der Waals surface area contributed by atoms with E-state index in [9.17, 15) is 17.6 Å². The number of fused-ring (bicyclic) bond motifs is 1. The van der Waals surface area contributed by atoms with Crippen molar-refractivity contribution < 1.29 is 22.3 Å². The second kappa shape index (κ2) is 13.0. The van der Waals surface area contributed by atoms with Crippen LogP contribution in [0.4, 0.5) is 27.8 Å². The lowest BCUT2D eigenvalue weighted by Gasteiger charge is -2.47. The van der Waals surface area contributed by atoms with Crippen LogP contribution in [0.3, 0.4) is 0 Å². The normalized spacial score (nSPS) is 24.8. The van der Waals surface area contributed by atoms with E-state index in [-0.39, 0.29) is 36.2 Å². The Labute approximate surface area is 268 Å². The quantitative estimate of drug-likeness (QED) is 0.360. The Kier molecular flexibility index (Phi) is 8.98. The monoisotopic (exact) mass is 650 g/mol. The summed E-state index contributed by atoms with van der Waals surface area (Å²) >= 11 is 0. The number of rotatable bonds is 8. The molecular formula is C32H39FN8O4S. The molecule has 3 fully saturated rings. The van der Waals surface area contributed by atoms with Crippen molar-refractivity contribution in [1.82, 2.24) is 24.8 Å². The smallest absolute Gasteiger partial charge is 0.298 e. The zero-order valence-corrected chi connectivity index (χ0v) is 27.3. The van der Waals surface area contributed by atoms with Gasteiger partial charge in [-0.05, 0) is 56.5 Å². The van der Waals surface area contributed by atoms with E-state index >= 15 is 0 Å². The van der Waals surface area contributed by atoms with Crippen LogP contribution in [0.2, 0.25) is 0 Å². The number of hydrogen-bond donors (Lipinski definition) is 1. The highest BCUT2D eigenvalue weighted by Gasteiger charge is 2.40. The number of carbonyl (C=O) groups is 1. The summed E-state index contributed by atoms with van der Waals surface area (Å²) in [5.41, 5.74) is 0.896. The predicted octanol–water partition coefficient (Wildman–Crippen LogP) is 3.28. The van der Waals surface area contributed by atoms with Gasteiger partial charge in [0.05, 0.1) is 24.4 Å². The highest BCUT2D eigenvalue weighted by molar-refractivity contribution is 7.90. The van der Waals surface area contributed by atoms with Crippen molar-refractivity contribution >= 4 is 49.9 Å². The number of hydrogen-bond acceptors (Lipinski definition) is 11. The molecule has 3 aromatic heterocycles. The van der Waals surface area contributed by atoms with E-state index in [1.54, 1.807) is 30.3 Å². The number of anilines is 4. The van der Waals surface area contributed by atoms with Gasteiger partial charge in [-0.2, -0.15) is 4.98 Å². The van der Waals surface area contributed by atoms with Crippen molar-refractivity contribution in [2.24, 2.45) is 5.92 Å². The summed E-state index contributed by atoms with van der Waals surface area (Å²) in [6.07, 6.45) is 7.08. The first-order chi connectivity index (χ1) is 22.1. The van der Waals surface area contributed by atoms with Crippen molar-refractivity contribution in [3.8, 4) is 11.8 Å². The third kappa shape index (κ3) is 6.43. The number of aromatic nitrogens is 4. The summed E-state index contributed by atoms with van der Waals surface area (Å²) in [5.74, 6) is 7.51. The summed E-state index contributed by atoms with van der Waals surface area (Å²) in [7, 11) is -1.58. The molecule has 1 unspecified atom stereocenters. The molecule has 244 valence electrons. The van der Waals surface area contributed by atoms with Crippen LogP contribution >= 0.6 is 0 Å². The maximum atomic E-state index is 14.6. The second-order valence-electron chi connectivity index (χ2n) is 12.3. The molecular weight excluding hydrogens is 611 g/mol. The number of pyridine rings is 2. The number of likely N-dealkylation sites (tertiary alicyclic amines) is 1. The molecule has 1 amide bonds. The van der Waals surface area contributed by atoms with E-state index in [1.807, 2.05) is 24.1 Å². The summed E-state index contributed by atoms with van der Waals surface area (Å²) in [5, 5.41) is 4.98. The highest BCUT2D eigenvalue weighted by Crippen LogP contribution is 2.41. The van der Waals surface area contributed by atoms with Crippen molar-refractivity contribution in [2.45, 2.75) is 57.5 Å². The zero-order valence-electron chi connectivity index (χ0n) is 26.5. The average Bonchev–Trinajstić information content (AvgIpc) is 3.52. The minimum absolute atomic E-state index is 0.0101. The van der Waals surface area contributed by atoms with Gasteiger partial charge in [0.2, 0.25) is 5.95 Å². The van der Waals surface area contributed by atoms with Gasteiger partial charge < -0.3 is 24.8 Å². The molecule has 0 aromatic carbocycles. The molecule has 3 saturated heterocycles. The number of nitrogens with zero attached hydrogens (tertiary/aromatic N) is 7. The molecule has 1 N–H and O–H groups in total. The van der Waals surface area contributed by atoms with Gasteiger partial charge in [0, 0.05) is 74.5 Å². The number of ether oxygens (including phenoxy) is 1. The lowest BCUT2D eigenvalue weighted by molar-refractivity contribution is -0.125. The minimum Gasteiger partial charge on any atom is -0.378 e. The Morgan fingerprint density at radius 3 is 2.67 bits per heavy atom. The number of nitrogens with one attached hydrogen (secondary N) is 1. The van der Waals surface area contributed by atoms with E-state index in [0.717, 1.165) is 35.0 Å². The van der Waals surface area contributed by atoms with Crippen LogP contribution in [-0.4, -0.2) is 103 Å². The number of carbonyl (C=O) groups excluding carboxylic acids is 1. The van der Waals surface area contributed by atoms with Crippen molar-refractivity contribution in [3.63, 3.8) is 0 Å². The van der Waals surface area contributed by atoms with Crippen molar-refractivity contribution in [1.29, 1.82) is 0 Å². The summed E-state index contributed by atoms with van der Waals surface area (Å²) < 4.78 is 43.8. The maximum absolute atomic E-state index is 14.6. The Hall–Kier alpha value is -4.09. The third-order valence-corrected chi connectivity index (χ3v) is 10.3. The summed E-state index contributed by atoms with van der Waals surface area (Å²) in [6.45, 7) is 5.57. The van der Waals surface area contributed by atoms with E-state index in [2.05, 4.69) is 32.0 Å².